The predicted molar refractivity (Wildman–Crippen MR) is 116 cm³/mol. The Hall–Kier alpha value is -2.52. The van der Waals surface area contributed by atoms with E-state index in [0.29, 0.717) is 21.4 Å². The largest absolute Gasteiger partial charge is 0.323 e. The molecule has 0 spiro atoms. The summed E-state index contributed by atoms with van der Waals surface area (Å²) in [6, 6.07) is 2.95. The molecule has 30 heavy (non-hydrogen) atoms. The Labute approximate surface area is 179 Å². The highest BCUT2D eigenvalue weighted by Crippen LogP contribution is 2.34. The van der Waals surface area contributed by atoms with Crippen molar-refractivity contribution in [3.63, 3.8) is 0 Å². The highest BCUT2D eigenvalue weighted by Gasteiger charge is 2.22. The second kappa shape index (κ2) is 8.69. The van der Waals surface area contributed by atoms with Crippen molar-refractivity contribution in [2.45, 2.75) is 37.4 Å². The highest BCUT2D eigenvalue weighted by atomic mass is 32.2. The number of carbonyl (C=O) groups is 1. The maximum absolute atomic E-state index is 13.7. The highest BCUT2D eigenvalue weighted by molar-refractivity contribution is 7.99. The minimum absolute atomic E-state index is 0.0724. The van der Waals surface area contributed by atoms with E-state index in [0.717, 1.165) is 49.1 Å². The molecule has 0 unspecified atom stereocenters. The molecule has 5 nitrogen and oxygen atoms in total. The second-order valence-corrected chi connectivity index (χ2v) is 8.98. The van der Waals surface area contributed by atoms with Crippen LogP contribution in [0.4, 0.5) is 14.5 Å². The average Bonchev–Trinajstić information content (AvgIpc) is 3.09. The molecule has 9 heteroatoms. The first-order chi connectivity index (χ1) is 14.5. The number of aromatic nitrogens is 2. The molecule has 0 saturated carbocycles. The van der Waals surface area contributed by atoms with Crippen LogP contribution in [0, 0.1) is 11.6 Å². The molecular formula is C21H19F2N3O2S2. The molecule has 1 aliphatic rings. The van der Waals surface area contributed by atoms with Crippen LogP contribution in [-0.4, -0.2) is 21.2 Å². The summed E-state index contributed by atoms with van der Waals surface area (Å²) in [5.74, 6) is -2.11. The van der Waals surface area contributed by atoms with E-state index in [2.05, 4.69) is 16.9 Å². The second-order valence-electron chi connectivity index (χ2n) is 6.95. The monoisotopic (exact) mass is 447 g/mol. The number of allylic oxidation sites excluding steroid dienone is 1. The summed E-state index contributed by atoms with van der Waals surface area (Å²) in [4.78, 5) is 32.0. The third kappa shape index (κ3) is 4.04. The molecule has 0 atom stereocenters. The lowest BCUT2D eigenvalue weighted by molar-refractivity contribution is -0.113. The number of rotatable bonds is 6. The van der Waals surface area contributed by atoms with Crippen LogP contribution >= 0.6 is 23.1 Å². The summed E-state index contributed by atoms with van der Waals surface area (Å²) < 4.78 is 28.3. The van der Waals surface area contributed by atoms with E-state index < -0.39 is 17.5 Å². The lowest BCUT2D eigenvalue weighted by atomic mass is 9.97. The number of nitrogens with one attached hydrogen (secondary N) is 1. The van der Waals surface area contributed by atoms with E-state index in [1.165, 1.54) is 15.5 Å². The van der Waals surface area contributed by atoms with Gasteiger partial charge in [-0.15, -0.1) is 17.9 Å². The van der Waals surface area contributed by atoms with Crippen molar-refractivity contribution < 1.29 is 13.6 Å². The van der Waals surface area contributed by atoms with Gasteiger partial charge in [0.2, 0.25) is 5.91 Å². The number of nitrogens with zero attached hydrogens (tertiary/aromatic N) is 2. The summed E-state index contributed by atoms with van der Waals surface area (Å²) in [7, 11) is 0. The maximum Gasteiger partial charge on any atom is 0.263 e. The minimum atomic E-state index is -0.847. The summed E-state index contributed by atoms with van der Waals surface area (Å²) in [6.45, 7) is 4.00. The predicted octanol–water partition coefficient (Wildman–Crippen LogP) is 4.53. The molecule has 2 aromatic heterocycles. The molecule has 1 amide bonds. The van der Waals surface area contributed by atoms with E-state index >= 15 is 0 Å². The van der Waals surface area contributed by atoms with Gasteiger partial charge in [-0.05, 0) is 43.4 Å². The molecule has 1 N–H and O–H groups in total. The number of hydrogen-bond donors (Lipinski definition) is 1. The van der Waals surface area contributed by atoms with Crippen LogP contribution in [0.25, 0.3) is 10.2 Å². The normalized spacial score (nSPS) is 13.3. The molecule has 0 aliphatic heterocycles. The molecule has 156 valence electrons. The number of halogens is 2. The molecule has 3 aromatic rings. The van der Waals surface area contributed by atoms with Crippen molar-refractivity contribution in [3.05, 3.63) is 63.3 Å². The first kappa shape index (κ1) is 20.7. The lowest BCUT2D eigenvalue weighted by Crippen LogP contribution is -2.24. The van der Waals surface area contributed by atoms with E-state index in [4.69, 9.17) is 0 Å². The summed E-state index contributed by atoms with van der Waals surface area (Å²) in [5.41, 5.74) is 0.893. The Morgan fingerprint density at radius 2 is 2.13 bits per heavy atom. The third-order valence-corrected chi connectivity index (χ3v) is 7.05. The first-order valence-electron chi connectivity index (χ1n) is 9.51. The van der Waals surface area contributed by atoms with Crippen molar-refractivity contribution in [1.29, 1.82) is 0 Å². The molecule has 1 aromatic carbocycles. The van der Waals surface area contributed by atoms with Crippen LogP contribution < -0.4 is 10.9 Å². The summed E-state index contributed by atoms with van der Waals surface area (Å²) >= 11 is 2.65. The van der Waals surface area contributed by atoms with Gasteiger partial charge in [-0.25, -0.2) is 13.8 Å². The van der Waals surface area contributed by atoms with E-state index in [1.807, 2.05) is 0 Å². The smallest absolute Gasteiger partial charge is 0.263 e. The van der Waals surface area contributed by atoms with Crippen molar-refractivity contribution in [1.82, 2.24) is 9.55 Å². The first-order valence-corrected chi connectivity index (χ1v) is 11.3. The molecule has 0 saturated heterocycles. The Bertz CT molecular complexity index is 1200. The zero-order chi connectivity index (χ0) is 21.3. The zero-order valence-electron chi connectivity index (χ0n) is 16.0. The topological polar surface area (TPSA) is 64.0 Å². The Kier molecular flexibility index (Phi) is 6.01. The standard InChI is InChI=1S/C21H19F2N3O2S2/c1-2-9-26-20(28)18-13-5-3-4-6-16(13)30-19(18)25-21(26)29-11-17(27)24-15-8-7-12(22)10-14(15)23/h2,7-8,10H,1,3-6,9,11H2,(H,24,27). The number of hydrogen-bond acceptors (Lipinski definition) is 5. The fourth-order valence-corrected chi connectivity index (χ4v) is 5.64. The Balaban J connectivity index is 1.60. The van der Waals surface area contributed by atoms with Crippen LogP contribution in [0.2, 0.25) is 0 Å². The Morgan fingerprint density at radius 3 is 2.90 bits per heavy atom. The van der Waals surface area contributed by atoms with Crippen LogP contribution in [0.1, 0.15) is 23.3 Å². The zero-order valence-corrected chi connectivity index (χ0v) is 17.7. The number of carbonyl (C=O) groups excluding carboxylic acids is 1. The number of aryl methyl sites for hydroxylation is 2. The van der Waals surface area contributed by atoms with Gasteiger partial charge >= 0.3 is 0 Å². The van der Waals surface area contributed by atoms with Gasteiger partial charge in [0, 0.05) is 17.5 Å². The van der Waals surface area contributed by atoms with E-state index in [1.54, 1.807) is 17.4 Å². The third-order valence-electron chi connectivity index (χ3n) is 4.89. The number of benzene rings is 1. The van der Waals surface area contributed by atoms with Crippen molar-refractivity contribution >= 4 is 44.9 Å². The molecule has 2 heterocycles. The van der Waals surface area contributed by atoms with Crippen LogP contribution in [0.3, 0.4) is 0 Å². The number of anilines is 1. The molecule has 4 rings (SSSR count). The summed E-state index contributed by atoms with van der Waals surface area (Å²) in [6.07, 6.45) is 5.65. The quantitative estimate of drug-likeness (QED) is 0.343. The maximum atomic E-state index is 13.7. The number of thiophene rings is 1. The van der Waals surface area contributed by atoms with E-state index in [9.17, 15) is 18.4 Å². The number of fused-ring (bicyclic) bond motifs is 3. The van der Waals surface area contributed by atoms with Gasteiger partial charge in [0.15, 0.2) is 5.16 Å². The van der Waals surface area contributed by atoms with Crippen molar-refractivity contribution in [2.24, 2.45) is 0 Å². The van der Waals surface area contributed by atoms with Gasteiger partial charge in [0.25, 0.3) is 5.56 Å². The Morgan fingerprint density at radius 1 is 1.33 bits per heavy atom. The average molecular weight is 448 g/mol. The molecule has 0 fully saturated rings. The summed E-state index contributed by atoms with van der Waals surface area (Å²) in [5, 5.41) is 3.51. The fraction of sp³-hybridized carbons (Fsp3) is 0.286. The molecule has 0 bridgehead atoms. The number of thioether (sulfide) groups is 1. The van der Waals surface area contributed by atoms with Gasteiger partial charge in [0.05, 0.1) is 16.8 Å². The van der Waals surface area contributed by atoms with Crippen LogP contribution in [0.5, 0.6) is 0 Å². The van der Waals surface area contributed by atoms with Gasteiger partial charge in [0.1, 0.15) is 16.5 Å². The van der Waals surface area contributed by atoms with Gasteiger partial charge in [-0.2, -0.15) is 0 Å². The van der Waals surface area contributed by atoms with Gasteiger partial charge < -0.3 is 5.32 Å². The minimum Gasteiger partial charge on any atom is -0.323 e. The van der Waals surface area contributed by atoms with Crippen molar-refractivity contribution in [2.75, 3.05) is 11.1 Å². The van der Waals surface area contributed by atoms with E-state index in [-0.39, 0.29) is 23.5 Å². The molecule has 0 radical (unpaired) electrons. The van der Waals surface area contributed by atoms with Gasteiger partial charge in [-0.3, -0.25) is 14.2 Å². The molecule has 1 aliphatic carbocycles. The van der Waals surface area contributed by atoms with Crippen LogP contribution in [0.15, 0.2) is 40.8 Å². The number of amides is 1. The lowest BCUT2D eigenvalue weighted by Gasteiger charge is -2.12. The SMILES string of the molecule is C=CCn1c(SCC(=O)Nc2ccc(F)cc2F)nc2sc3c(c2c1=O)CCCC3. The van der Waals surface area contributed by atoms with Crippen LogP contribution in [-0.2, 0) is 24.2 Å². The fourth-order valence-electron chi connectivity index (χ4n) is 3.53. The molecular weight excluding hydrogens is 428 g/mol. The van der Waals surface area contributed by atoms with Crippen molar-refractivity contribution in [3.8, 4) is 0 Å². The van der Waals surface area contributed by atoms with Gasteiger partial charge in [-0.1, -0.05) is 17.8 Å².